The molecular weight excluding hydrogens is 222 g/mol. The van der Waals surface area contributed by atoms with Crippen LogP contribution in [0.4, 0.5) is 0 Å². The van der Waals surface area contributed by atoms with Crippen LogP contribution in [0, 0.1) is 5.92 Å². The van der Waals surface area contributed by atoms with Crippen LogP contribution in [-0.2, 0) is 9.53 Å². The van der Waals surface area contributed by atoms with Crippen LogP contribution in [0.25, 0.3) is 0 Å². The fourth-order valence-corrected chi connectivity index (χ4v) is 2.50. The monoisotopic (exact) mass is 241 g/mol. The molecule has 0 unspecified atom stereocenters. The zero-order valence-corrected chi connectivity index (χ0v) is 10.4. The van der Waals surface area contributed by atoms with E-state index in [1.165, 1.54) is 13.1 Å². The second-order valence-corrected chi connectivity index (χ2v) is 4.59. The van der Waals surface area contributed by atoms with Crippen LogP contribution in [0.5, 0.6) is 0 Å². The largest absolute Gasteiger partial charge is 0.459 e. The molecule has 0 aromatic carbocycles. The maximum Gasteiger partial charge on any atom is 0.303 e. The Hall–Kier alpha value is -1.36. The highest BCUT2D eigenvalue weighted by atomic mass is 16.6. The second kappa shape index (κ2) is 5.31. The number of ether oxygens (including phenoxy) is 1. The van der Waals surface area contributed by atoms with Crippen LogP contribution >= 0.6 is 0 Å². The Kier molecular flexibility index (Phi) is 4.28. The summed E-state index contributed by atoms with van der Waals surface area (Å²) in [5, 5.41) is 21.0. The zero-order valence-electron chi connectivity index (χ0n) is 10.4. The predicted octanol–water partition coefficient (Wildman–Crippen LogP) is 1.49. The van der Waals surface area contributed by atoms with Crippen molar-refractivity contribution < 1.29 is 19.8 Å². The standard InChI is InChI=1S/C12H19NO4/c1-8(6-13-16)10-4-5-12(3,11(10)7-14)17-9(2)15/h6,11,14,16H,4-5,7H2,1-3H3/b10-8+,13-6+/t11-,12-/m0/s1. The number of oxime groups is 1. The third-order valence-corrected chi connectivity index (χ3v) is 3.37. The summed E-state index contributed by atoms with van der Waals surface area (Å²) in [7, 11) is 0. The molecule has 1 aliphatic carbocycles. The van der Waals surface area contributed by atoms with Crippen molar-refractivity contribution in [3.8, 4) is 0 Å². The molecule has 0 aromatic rings. The molecule has 0 aliphatic heterocycles. The number of carbonyl (C=O) groups excluding carboxylic acids is 1. The van der Waals surface area contributed by atoms with Gasteiger partial charge in [0.1, 0.15) is 5.60 Å². The number of carbonyl (C=O) groups is 1. The van der Waals surface area contributed by atoms with Crippen molar-refractivity contribution in [3.05, 3.63) is 11.1 Å². The van der Waals surface area contributed by atoms with Gasteiger partial charge in [0.15, 0.2) is 0 Å². The van der Waals surface area contributed by atoms with E-state index in [1.54, 1.807) is 0 Å². The first-order chi connectivity index (χ1) is 7.94. The predicted molar refractivity (Wildman–Crippen MR) is 63.0 cm³/mol. The Labute approximate surface area is 101 Å². The molecule has 0 amide bonds. The number of hydrogen-bond donors (Lipinski definition) is 2. The highest BCUT2D eigenvalue weighted by Gasteiger charge is 2.44. The molecule has 0 aromatic heterocycles. The smallest absolute Gasteiger partial charge is 0.303 e. The van der Waals surface area contributed by atoms with Crippen molar-refractivity contribution in [2.24, 2.45) is 11.1 Å². The van der Waals surface area contributed by atoms with Crippen molar-refractivity contribution in [2.45, 2.75) is 39.2 Å². The lowest BCUT2D eigenvalue weighted by molar-refractivity contribution is -0.159. The van der Waals surface area contributed by atoms with Crippen LogP contribution in [0.2, 0.25) is 0 Å². The van der Waals surface area contributed by atoms with Crippen molar-refractivity contribution in [3.63, 3.8) is 0 Å². The maximum atomic E-state index is 11.1. The fraction of sp³-hybridized carbons (Fsp3) is 0.667. The summed E-state index contributed by atoms with van der Waals surface area (Å²) >= 11 is 0. The summed E-state index contributed by atoms with van der Waals surface area (Å²) < 4.78 is 5.32. The van der Waals surface area contributed by atoms with Gasteiger partial charge in [-0.15, -0.1) is 0 Å². The molecule has 1 rings (SSSR count). The van der Waals surface area contributed by atoms with Crippen molar-refractivity contribution in [1.29, 1.82) is 0 Å². The van der Waals surface area contributed by atoms with Crippen molar-refractivity contribution >= 4 is 12.2 Å². The lowest BCUT2D eigenvalue weighted by atomic mass is 9.89. The number of aliphatic hydroxyl groups is 1. The Morgan fingerprint density at radius 1 is 1.65 bits per heavy atom. The Balaban J connectivity index is 3.02. The van der Waals surface area contributed by atoms with E-state index in [0.29, 0.717) is 6.42 Å². The van der Waals surface area contributed by atoms with Gasteiger partial charge in [-0.3, -0.25) is 4.79 Å². The molecular formula is C12H19NO4. The third-order valence-electron chi connectivity index (χ3n) is 3.37. The van der Waals surface area contributed by atoms with Gasteiger partial charge in [-0.2, -0.15) is 0 Å². The topological polar surface area (TPSA) is 79.1 Å². The first-order valence-electron chi connectivity index (χ1n) is 5.62. The summed E-state index contributed by atoms with van der Waals surface area (Å²) in [5.74, 6) is -0.579. The number of allylic oxidation sites excluding steroid dienone is 1. The SMILES string of the molecule is CC(=O)O[C@@]1(C)CC/C(=C(C)\C=N\O)[C@@H]1CO. The van der Waals surface area contributed by atoms with E-state index < -0.39 is 5.60 Å². The molecule has 1 saturated carbocycles. The van der Waals surface area contributed by atoms with E-state index in [4.69, 9.17) is 9.94 Å². The molecule has 0 spiro atoms. The van der Waals surface area contributed by atoms with Crippen molar-refractivity contribution in [2.75, 3.05) is 6.61 Å². The van der Waals surface area contributed by atoms with Crippen LogP contribution in [0.15, 0.2) is 16.3 Å². The molecule has 0 bridgehead atoms. The minimum atomic E-state index is -0.666. The molecule has 2 N–H and O–H groups in total. The molecule has 0 radical (unpaired) electrons. The van der Waals surface area contributed by atoms with Crippen molar-refractivity contribution in [1.82, 2.24) is 0 Å². The van der Waals surface area contributed by atoms with Gasteiger partial charge >= 0.3 is 5.97 Å². The number of nitrogens with zero attached hydrogens (tertiary/aromatic N) is 1. The van der Waals surface area contributed by atoms with E-state index in [2.05, 4.69) is 5.16 Å². The van der Waals surface area contributed by atoms with Crippen LogP contribution < -0.4 is 0 Å². The lowest BCUT2D eigenvalue weighted by Gasteiger charge is -2.30. The number of hydrogen-bond acceptors (Lipinski definition) is 5. The Morgan fingerprint density at radius 2 is 2.29 bits per heavy atom. The maximum absolute atomic E-state index is 11.1. The van der Waals surface area contributed by atoms with Gasteiger partial charge in [-0.05, 0) is 32.3 Å². The molecule has 1 fully saturated rings. The molecule has 0 heterocycles. The van der Waals surface area contributed by atoms with E-state index in [0.717, 1.165) is 17.6 Å². The normalized spacial score (nSPS) is 31.9. The zero-order chi connectivity index (χ0) is 13.1. The summed E-state index contributed by atoms with van der Waals surface area (Å²) in [6.45, 7) is 4.92. The van der Waals surface area contributed by atoms with E-state index in [9.17, 15) is 9.90 Å². The molecule has 0 saturated heterocycles. The highest BCUT2D eigenvalue weighted by Crippen LogP contribution is 2.43. The Morgan fingerprint density at radius 3 is 2.76 bits per heavy atom. The molecule has 5 nitrogen and oxygen atoms in total. The second-order valence-electron chi connectivity index (χ2n) is 4.59. The minimum absolute atomic E-state index is 0.0876. The first-order valence-corrected chi connectivity index (χ1v) is 5.62. The van der Waals surface area contributed by atoms with Crippen LogP contribution in [0.3, 0.4) is 0 Å². The van der Waals surface area contributed by atoms with Gasteiger partial charge < -0.3 is 15.1 Å². The highest BCUT2D eigenvalue weighted by molar-refractivity contribution is 5.78. The summed E-state index contributed by atoms with van der Waals surface area (Å²) in [5.41, 5.74) is 1.12. The first kappa shape index (κ1) is 13.7. The molecule has 5 heteroatoms. The van der Waals surface area contributed by atoms with Gasteiger partial charge in [0.2, 0.25) is 0 Å². The van der Waals surface area contributed by atoms with E-state index >= 15 is 0 Å². The van der Waals surface area contributed by atoms with Gasteiger partial charge in [-0.1, -0.05) is 10.7 Å². The van der Waals surface area contributed by atoms with E-state index in [-0.39, 0.29) is 18.5 Å². The number of esters is 1. The van der Waals surface area contributed by atoms with Crippen LogP contribution in [-0.4, -0.2) is 34.7 Å². The fourth-order valence-electron chi connectivity index (χ4n) is 2.50. The van der Waals surface area contributed by atoms with Gasteiger partial charge in [0.25, 0.3) is 0 Å². The average Bonchev–Trinajstić information content (AvgIpc) is 2.54. The Bertz CT molecular complexity index is 362. The summed E-state index contributed by atoms with van der Waals surface area (Å²) in [4.78, 5) is 11.1. The molecule has 2 atom stereocenters. The molecule has 96 valence electrons. The van der Waals surface area contributed by atoms with Crippen LogP contribution in [0.1, 0.15) is 33.6 Å². The summed E-state index contributed by atoms with van der Waals surface area (Å²) in [6.07, 6.45) is 2.74. The minimum Gasteiger partial charge on any atom is -0.459 e. The third kappa shape index (κ3) is 2.85. The van der Waals surface area contributed by atoms with E-state index in [1.807, 2.05) is 13.8 Å². The van der Waals surface area contributed by atoms with Gasteiger partial charge in [0.05, 0.1) is 12.8 Å². The number of aliphatic hydroxyl groups excluding tert-OH is 1. The molecule has 1 aliphatic rings. The number of rotatable bonds is 3. The van der Waals surface area contributed by atoms with Gasteiger partial charge in [-0.25, -0.2) is 0 Å². The average molecular weight is 241 g/mol. The lowest BCUT2D eigenvalue weighted by Crippen LogP contribution is -2.37. The quantitative estimate of drug-likeness (QED) is 0.339. The summed E-state index contributed by atoms with van der Waals surface area (Å²) in [6, 6.07) is 0. The van der Waals surface area contributed by atoms with Gasteiger partial charge in [0, 0.05) is 12.8 Å². The molecule has 17 heavy (non-hydrogen) atoms.